The number of anilines is 1. The van der Waals surface area contributed by atoms with Crippen molar-refractivity contribution in [3.05, 3.63) is 29.8 Å². The third kappa shape index (κ3) is 4.67. The first-order valence-corrected chi connectivity index (χ1v) is 6.89. The van der Waals surface area contributed by atoms with E-state index >= 15 is 0 Å². The maximum atomic E-state index is 10.2. The molecule has 0 unspecified atom stereocenters. The van der Waals surface area contributed by atoms with Gasteiger partial charge < -0.3 is 16.2 Å². The van der Waals surface area contributed by atoms with Crippen molar-refractivity contribution < 1.29 is 5.11 Å². The number of benzene rings is 1. The molecular weight excluding hydrogens is 224 g/mol. The molecule has 0 heterocycles. The number of nitrogens with two attached hydrogens (primary N) is 1. The number of rotatable bonds is 8. The maximum Gasteiger partial charge on any atom is 0.0814 e. The van der Waals surface area contributed by atoms with Crippen LogP contribution in [0.25, 0.3) is 0 Å². The summed E-state index contributed by atoms with van der Waals surface area (Å²) < 4.78 is 0. The van der Waals surface area contributed by atoms with E-state index in [1.165, 1.54) is 5.56 Å². The Balaban J connectivity index is 2.56. The standard InChI is InChI=1S/C15H26N2O/c1-3-15(18,4-2)12-17-14-9-5-7-13(11-14)8-6-10-16/h5,7,9,11,17-18H,3-4,6,8,10,12,16H2,1-2H3. The lowest BCUT2D eigenvalue weighted by Gasteiger charge is -2.26. The van der Waals surface area contributed by atoms with Crippen molar-refractivity contribution in [1.29, 1.82) is 0 Å². The van der Waals surface area contributed by atoms with Gasteiger partial charge in [-0.25, -0.2) is 0 Å². The molecule has 3 nitrogen and oxygen atoms in total. The van der Waals surface area contributed by atoms with Crippen LogP contribution in [0.5, 0.6) is 0 Å². The smallest absolute Gasteiger partial charge is 0.0814 e. The van der Waals surface area contributed by atoms with E-state index in [1.807, 2.05) is 26.0 Å². The molecule has 0 spiro atoms. The highest BCUT2D eigenvalue weighted by Crippen LogP contribution is 2.17. The van der Waals surface area contributed by atoms with E-state index in [0.29, 0.717) is 6.54 Å². The number of aliphatic hydroxyl groups is 1. The van der Waals surface area contributed by atoms with Crippen molar-refractivity contribution in [2.45, 2.75) is 45.1 Å². The summed E-state index contributed by atoms with van der Waals surface area (Å²) in [6, 6.07) is 8.34. The van der Waals surface area contributed by atoms with Crippen LogP contribution in [0.3, 0.4) is 0 Å². The lowest BCUT2D eigenvalue weighted by atomic mass is 9.97. The lowest BCUT2D eigenvalue weighted by Crippen LogP contribution is -2.35. The van der Waals surface area contributed by atoms with Gasteiger partial charge in [0.2, 0.25) is 0 Å². The Hall–Kier alpha value is -1.06. The SMILES string of the molecule is CCC(O)(CC)CNc1cccc(CCCN)c1. The number of hydrogen-bond donors (Lipinski definition) is 3. The largest absolute Gasteiger partial charge is 0.388 e. The summed E-state index contributed by atoms with van der Waals surface area (Å²) in [7, 11) is 0. The van der Waals surface area contributed by atoms with Gasteiger partial charge in [-0.1, -0.05) is 26.0 Å². The van der Waals surface area contributed by atoms with E-state index in [2.05, 4.69) is 17.4 Å². The lowest BCUT2D eigenvalue weighted by molar-refractivity contribution is 0.0457. The van der Waals surface area contributed by atoms with Crippen LogP contribution in [-0.4, -0.2) is 23.8 Å². The summed E-state index contributed by atoms with van der Waals surface area (Å²) in [5, 5.41) is 13.5. The summed E-state index contributed by atoms with van der Waals surface area (Å²) in [4.78, 5) is 0. The van der Waals surface area contributed by atoms with E-state index in [4.69, 9.17) is 5.73 Å². The summed E-state index contributed by atoms with van der Waals surface area (Å²) in [5.74, 6) is 0. The molecule has 1 aromatic rings. The van der Waals surface area contributed by atoms with Crippen molar-refractivity contribution >= 4 is 5.69 Å². The minimum atomic E-state index is -0.604. The minimum Gasteiger partial charge on any atom is -0.388 e. The zero-order valence-electron chi connectivity index (χ0n) is 11.6. The fourth-order valence-corrected chi connectivity index (χ4v) is 1.91. The van der Waals surface area contributed by atoms with Crippen LogP contribution in [0.1, 0.15) is 38.7 Å². The average molecular weight is 250 g/mol. The molecule has 0 atom stereocenters. The Kier molecular flexibility index (Phi) is 6.16. The topological polar surface area (TPSA) is 58.3 Å². The first-order chi connectivity index (χ1) is 8.63. The number of aryl methyl sites for hydroxylation is 1. The predicted octanol–water partition coefficient (Wildman–Crippen LogP) is 2.54. The molecule has 0 aliphatic rings. The molecule has 3 heteroatoms. The van der Waals surface area contributed by atoms with E-state index in [1.54, 1.807) is 0 Å². The van der Waals surface area contributed by atoms with Gasteiger partial charge in [-0.05, 0) is 49.9 Å². The Morgan fingerprint density at radius 2 is 2.00 bits per heavy atom. The zero-order valence-corrected chi connectivity index (χ0v) is 11.6. The van der Waals surface area contributed by atoms with Crippen LogP contribution < -0.4 is 11.1 Å². The molecular formula is C15H26N2O. The van der Waals surface area contributed by atoms with Crippen LogP contribution in [0.15, 0.2) is 24.3 Å². The van der Waals surface area contributed by atoms with Gasteiger partial charge in [-0.3, -0.25) is 0 Å². The van der Waals surface area contributed by atoms with Gasteiger partial charge in [-0.15, -0.1) is 0 Å². The van der Waals surface area contributed by atoms with Crippen LogP contribution in [0.2, 0.25) is 0 Å². The van der Waals surface area contributed by atoms with Crippen molar-refractivity contribution in [2.24, 2.45) is 5.73 Å². The summed E-state index contributed by atoms with van der Waals surface area (Å²) in [6.45, 7) is 5.36. The summed E-state index contributed by atoms with van der Waals surface area (Å²) >= 11 is 0. The zero-order chi connectivity index (χ0) is 13.4. The molecule has 0 aliphatic carbocycles. The molecule has 0 saturated carbocycles. The van der Waals surface area contributed by atoms with E-state index in [0.717, 1.165) is 37.9 Å². The van der Waals surface area contributed by atoms with Gasteiger partial charge >= 0.3 is 0 Å². The Morgan fingerprint density at radius 1 is 1.28 bits per heavy atom. The van der Waals surface area contributed by atoms with Crippen LogP contribution in [-0.2, 0) is 6.42 Å². The second-order valence-corrected chi connectivity index (χ2v) is 4.88. The highest BCUT2D eigenvalue weighted by molar-refractivity contribution is 5.46. The molecule has 4 N–H and O–H groups in total. The normalized spacial score (nSPS) is 11.6. The van der Waals surface area contributed by atoms with Gasteiger partial charge in [0.15, 0.2) is 0 Å². The van der Waals surface area contributed by atoms with Crippen LogP contribution in [0, 0.1) is 0 Å². The van der Waals surface area contributed by atoms with Gasteiger partial charge in [0, 0.05) is 12.2 Å². The fourth-order valence-electron chi connectivity index (χ4n) is 1.91. The van der Waals surface area contributed by atoms with Crippen LogP contribution >= 0.6 is 0 Å². The summed E-state index contributed by atoms with van der Waals surface area (Å²) in [6.07, 6.45) is 3.56. The minimum absolute atomic E-state index is 0.598. The van der Waals surface area contributed by atoms with Gasteiger partial charge in [0.25, 0.3) is 0 Å². The maximum absolute atomic E-state index is 10.2. The van der Waals surface area contributed by atoms with Gasteiger partial charge in [0.05, 0.1) is 5.60 Å². The highest BCUT2D eigenvalue weighted by atomic mass is 16.3. The molecule has 0 amide bonds. The Bertz CT molecular complexity index is 348. The van der Waals surface area contributed by atoms with Crippen molar-refractivity contribution in [2.75, 3.05) is 18.4 Å². The molecule has 0 bridgehead atoms. The monoisotopic (exact) mass is 250 g/mol. The van der Waals surface area contributed by atoms with Gasteiger partial charge in [0.1, 0.15) is 0 Å². The fraction of sp³-hybridized carbons (Fsp3) is 0.600. The van der Waals surface area contributed by atoms with Crippen LogP contribution in [0.4, 0.5) is 5.69 Å². The first kappa shape index (κ1) is 15.0. The first-order valence-electron chi connectivity index (χ1n) is 6.89. The van der Waals surface area contributed by atoms with E-state index < -0.39 is 5.60 Å². The molecule has 18 heavy (non-hydrogen) atoms. The molecule has 1 aromatic carbocycles. The molecule has 0 fully saturated rings. The number of nitrogens with one attached hydrogen (secondary N) is 1. The number of hydrogen-bond acceptors (Lipinski definition) is 3. The Labute approximate surface area is 110 Å². The van der Waals surface area contributed by atoms with Gasteiger partial charge in [-0.2, -0.15) is 0 Å². The molecule has 0 aromatic heterocycles. The molecule has 102 valence electrons. The van der Waals surface area contributed by atoms with Crippen molar-refractivity contribution in [3.63, 3.8) is 0 Å². The third-order valence-corrected chi connectivity index (χ3v) is 3.53. The molecule has 1 rings (SSSR count). The second kappa shape index (κ2) is 7.39. The van der Waals surface area contributed by atoms with Crippen molar-refractivity contribution in [3.8, 4) is 0 Å². The van der Waals surface area contributed by atoms with Crippen molar-refractivity contribution in [1.82, 2.24) is 0 Å². The molecule has 0 saturated heterocycles. The van der Waals surface area contributed by atoms with E-state index in [-0.39, 0.29) is 0 Å². The molecule has 0 radical (unpaired) electrons. The highest BCUT2D eigenvalue weighted by Gasteiger charge is 2.21. The van der Waals surface area contributed by atoms with E-state index in [9.17, 15) is 5.11 Å². The Morgan fingerprint density at radius 3 is 2.61 bits per heavy atom. The second-order valence-electron chi connectivity index (χ2n) is 4.88. The average Bonchev–Trinajstić information content (AvgIpc) is 2.43. The quantitative estimate of drug-likeness (QED) is 0.664. The third-order valence-electron chi connectivity index (χ3n) is 3.53. The summed E-state index contributed by atoms with van der Waals surface area (Å²) in [5.41, 5.74) is 7.28. The molecule has 0 aliphatic heterocycles. The predicted molar refractivity (Wildman–Crippen MR) is 77.8 cm³/mol.